The maximum absolute atomic E-state index is 13.7. The second-order valence-corrected chi connectivity index (χ2v) is 11.9. The lowest BCUT2D eigenvalue weighted by molar-refractivity contribution is 0.0244. The first-order valence-electron chi connectivity index (χ1n) is 17.1. The van der Waals surface area contributed by atoms with Crippen molar-refractivity contribution in [2.24, 2.45) is 5.73 Å². The van der Waals surface area contributed by atoms with E-state index in [-0.39, 0.29) is 6.04 Å². The fourth-order valence-corrected chi connectivity index (χ4v) is 5.43. The normalized spacial score (nSPS) is 13.8. The van der Waals surface area contributed by atoms with Gasteiger partial charge in [0.05, 0.1) is 18.2 Å². The van der Waals surface area contributed by atoms with Crippen molar-refractivity contribution < 1.29 is 13.5 Å². The van der Waals surface area contributed by atoms with Gasteiger partial charge in [0, 0.05) is 18.7 Å². The van der Waals surface area contributed by atoms with E-state index in [1.807, 2.05) is 80.6 Å². The molecule has 2 aromatic carbocycles. The summed E-state index contributed by atoms with van der Waals surface area (Å²) in [6.45, 7) is 23.1. The molecule has 0 heterocycles. The van der Waals surface area contributed by atoms with E-state index >= 15 is 0 Å². The van der Waals surface area contributed by atoms with Crippen LogP contribution in [0.25, 0.3) is 11.1 Å². The van der Waals surface area contributed by atoms with E-state index in [0.29, 0.717) is 5.70 Å². The smallest absolute Gasteiger partial charge is 0.262 e. The Morgan fingerprint density at radius 2 is 1.51 bits per heavy atom. The van der Waals surface area contributed by atoms with Crippen LogP contribution in [0.5, 0.6) is 0 Å². The first kappa shape index (κ1) is 42.8. The average Bonchev–Trinajstić information content (AvgIpc) is 3.38. The number of hydrogen-bond acceptors (Lipinski definition) is 4. The second-order valence-electron chi connectivity index (χ2n) is 11.9. The van der Waals surface area contributed by atoms with Crippen LogP contribution in [0.3, 0.4) is 0 Å². The molecule has 266 valence electrons. The first-order valence-corrected chi connectivity index (χ1v) is 17.1. The summed E-state index contributed by atoms with van der Waals surface area (Å²) in [5.74, 6) is -1.99. The van der Waals surface area contributed by atoms with Crippen molar-refractivity contribution in [3.05, 3.63) is 158 Å². The molecule has 4 N–H and O–H groups in total. The molecule has 49 heavy (non-hydrogen) atoms. The highest BCUT2D eigenvalue weighted by Crippen LogP contribution is 2.54. The lowest BCUT2D eigenvalue weighted by atomic mass is 9.72. The molecule has 1 aliphatic rings. The molecule has 6 heteroatoms. The molecule has 0 saturated carbocycles. The van der Waals surface area contributed by atoms with E-state index in [1.165, 1.54) is 17.4 Å². The van der Waals surface area contributed by atoms with Crippen molar-refractivity contribution in [3.63, 3.8) is 0 Å². The maximum Gasteiger partial charge on any atom is 0.262 e. The lowest BCUT2D eigenvalue weighted by Crippen LogP contribution is -2.39. The number of alkyl halides is 2. The Balaban J connectivity index is 0.000000582. The van der Waals surface area contributed by atoms with Crippen molar-refractivity contribution >= 4 is 0 Å². The Bertz CT molecular complexity index is 1370. The predicted octanol–water partition coefficient (Wildman–Crippen LogP) is 10.7. The van der Waals surface area contributed by atoms with Gasteiger partial charge >= 0.3 is 0 Å². The predicted molar refractivity (Wildman–Crippen MR) is 209 cm³/mol. The Labute approximate surface area is 295 Å². The molecule has 1 unspecified atom stereocenters. The topological polar surface area (TPSA) is 59.3 Å². The number of nitrogens with two attached hydrogens (primary N) is 1. The molecule has 1 aliphatic carbocycles. The van der Waals surface area contributed by atoms with Gasteiger partial charge in [0.25, 0.3) is 5.92 Å². The van der Waals surface area contributed by atoms with Crippen molar-refractivity contribution in [2.75, 3.05) is 19.6 Å². The minimum absolute atomic E-state index is 0.253. The second kappa shape index (κ2) is 24.0. The van der Waals surface area contributed by atoms with Crippen LogP contribution < -0.4 is 16.4 Å². The fraction of sp³-hybridized carbons (Fsp3) is 0.349. The van der Waals surface area contributed by atoms with Gasteiger partial charge in [-0.1, -0.05) is 137 Å². The van der Waals surface area contributed by atoms with Crippen LogP contribution in [0.1, 0.15) is 70.9 Å². The Morgan fingerprint density at radius 1 is 0.918 bits per heavy atom. The summed E-state index contributed by atoms with van der Waals surface area (Å²) in [5, 5.41) is 6.48. The first-order chi connectivity index (χ1) is 23.5. The molecule has 0 fully saturated rings. The zero-order chi connectivity index (χ0) is 36.5. The standard InChI is InChI=1S/C27H37F2N3.C9H12O.C7H10/c1-4-21(30)15-18-31-17-10-9-16-27(20(2)32-19-26(3,28)29)24-13-7-5-11-22(24)23-12-6-8-14-25(23)27;1-4-6-7-8-9(3)10-5-2;1-3-5-7-6-4-2/h5-8,11-14,21,31-32H,2,4,9-10,15-19,30H2,1,3H3;4-8H,1-2H2,3H3;3-7H,1H2,2H3/b;7-6-,9-8+;6-4-,7-5+. The zero-order valence-electron chi connectivity index (χ0n) is 30.2. The summed E-state index contributed by atoms with van der Waals surface area (Å²) in [6, 6.07) is 16.9. The van der Waals surface area contributed by atoms with Gasteiger partial charge in [-0.2, -0.15) is 0 Å². The van der Waals surface area contributed by atoms with E-state index in [9.17, 15) is 8.78 Å². The highest BCUT2D eigenvalue weighted by Gasteiger charge is 2.45. The fourth-order valence-electron chi connectivity index (χ4n) is 5.43. The van der Waals surface area contributed by atoms with Gasteiger partial charge in [0.1, 0.15) is 5.76 Å². The highest BCUT2D eigenvalue weighted by atomic mass is 19.3. The van der Waals surface area contributed by atoms with E-state index in [4.69, 9.17) is 10.5 Å². The number of hydrogen-bond donors (Lipinski definition) is 3. The van der Waals surface area contributed by atoms with Crippen LogP contribution in [0.15, 0.2) is 147 Å². The quantitative estimate of drug-likeness (QED) is 0.0790. The largest absolute Gasteiger partial charge is 0.470 e. The van der Waals surface area contributed by atoms with Gasteiger partial charge in [-0.15, -0.1) is 0 Å². The summed E-state index contributed by atoms with van der Waals surface area (Å²) >= 11 is 0. The molecule has 2 aromatic rings. The van der Waals surface area contributed by atoms with Gasteiger partial charge in [-0.3, -0.25) is 0 Å². The molecule has 0 saturated heterocycles. The summed E-state index contributed by atoms with van der Waals surface area (Å²) in [7, 11) is 0. The Hall–Kier alpha value is -4.26. The molecule has 3 rings (SSSR count). The lowest BCUT2D eigenvalue weighted by Gasteiger charge is -2.35. The van der Waals surface area contributed by atoms with Crippen molar-refractivity contribution in [2.45, 2.75) is 77.2 Å². The molecular weight excluding hydrogens is 612 g/mol. The molecule has 0 bridgehead atoms. The summed E-state index contributed by atoms with van der Waals surface area (Å²) in [6.07, 6.45) is 22.9. The molecule has 0 amide bonds. The van der Waals surface area contributed by atoms with Gasteiger partial charge in [0.15, 0.2) is 0 Å². The zero-order valence-corrected chi connectivity index (χ0v) is 30.2. The van der Waals surface area contributed by atoms with E-state index in [1.54, 1.807) is 12.2 Å². The van der Waals surface area contributed by atoms with Crippen LogP contribution in [-0.4, -0.2) is 31.6 Å². The third-order valence-corrected chi connectivity index (χ3v) is 7.96. The van der Waals surface area contributed by atoms with Crippen molar-refractivity contribution in [1.82, 2.24) is 10.6 Å². The summed E-state index contributed by atoms with van der Waals surface area (Å²) in [5.41, 5.74) is 10.8. The number of unbranched alkanes of at least 4 members (excludes halogenated alkanes) is 1. The Kier molecular flexibility index (Phi) is 20.9. The molecule has 0 aliphatic heterocycles. The van der Waals surface area contributed by atoms with Gasteiger partial charge < -0.3 is 21.1 Å². The van der Waals surface area contributed by atoms with Crippen LogP contribution in [-0.2, 0) is 10.2 Å². The third kappa shape index (κ3) is 15.2. The van der Waals surface area contributed by atoms with Crippen LogP contribution in [0, 0.1) is 0 Å². The number of halogens is 2. The molecule has 4 nitrogen and oxygen atoms in total. The van der Waals surface area contributed by atoms with Crippen LogP contribution in [0.4, 0.5) is 8.78 Å². The number of benzene rings is 2. The number of allylic oxidation sites excluding steroid dienone is 11. The third-order valence-electron chi connectivity index (χ3n) is 7.96. The number of ether oxygens (including phenoxy) is 1. The molecule has 0 aromatic heterocycles. The van der Waals surface area contributed by atoms with Crippen LogP contribution in [0.2, 0.25) is 0 Å². The van der Waals surface area contributed by atoms with Crippen molar-refractivity contribution in [1.29, 1.82) is 0 Å². The summed E-state index contributed by atoms with van der Waals surface area (Å²) in [4.78, 5) is 0. The highest BCUT2D eigenvalue weighted by molar-refractivity contribution is 5.82. The molecule has 1 atom stereocenters. The van der Waals surface area contributed by atoms with Crippen LogP contribution >= 0.6 is 0 Å². The van der Waals surface area contributed by atoms with E-state index in [2.05, 4.69) is 68.1 Å². The minimum atomic E-state index is -2.80. The SMILES string of the molecule is C=C(NCC(C)(F)F)C1(CCCCNCCC(N)CC)c2ccccc2-c2ccccc21.C=C/C=C/C=C\C.C=C/C=C\C=C(/C)OC=C. The van der Waals surface area contributed by atoms with Gasteiger partial charge in [-0.05, 0) is 81.0 Å². The van der Waals surface area contributed by atoms with Gasteiger partial charge in [-0.25, -0.2) is 8.78 Å². The van der Waals surface area contributed by atoms with Crippen molar-refractivity contribution in [3.8, 4) is 11.1 Å². The average molecular weight is 672 g/mol. The molecule has 0 radical (unpaired) electrons. The minimum Gasteiger partial charge on any atom is -0.470 e. The van der Waals surface area contributed by atoms with Gasteiger partial charge in [0.2, 0.25) is 0 Å². The van der Waals surface area contributed by atoms with E-state index < -0.39 is 17.9 Å². The Morgan fingerprint density at radius 3 is 2.04 bits per heavy atom. The molecular formula is C43H59F2N3O. The maximum atomic E-state index is 13.7. The number of nitrogens with one attached hydrogen (secondary N) is 2. The van der Waals surface area contributed by atoms with E-state index in [0.717, 1.165) is 69.0 Å². The number of fused-ring (bicyclic) bond motifs is 3. The molecule has 0 spiro atoms. The summed E-state index contributed by atoms with van der Waals surface area (Å²) < 4.78 is 32.3. The number of rotatable bonds is 19. The monoisotopic (exact) mass is 671 g/mol.